The lowest BCUT2D eigenvalue weighted by atomic mass is 10.0. The minimum absolute atomic E-state index is 0.0706. The Bertz CT molecular complexity index is 1120. The van der Waals surface area contributed by atoms with Gasteiger partial charge in [-0.3, -0.25) is 0 Å². The number of hydrogen-bond acceptors (Lipinski definition) is 5. The van der Waals surface area contributed by atoms with Crippen molar-refractivity contribution in [2.75, 3.05) is 6.26 Å². The fourth-order valence-electron chi connectivity index (χ4n) is 2.39. The maximum atomic E-state index is 14.7. The van der Waals surface area contributed by atoms with Crippen LogP contribution in [0.4, 0.5) is 4.39 Å². The third-order valence-corrected chi connectivity index (χ3v) is 5.53. The lowest BCUT2D eigenvalue weighted by Gasteiger charge is -2.12. The van der Waals surface area contributed by atoms with Crippen molar-refractivity contribution in [2.24, 2.45) is 0 Å². The molecular weight excluding hydrogens is 494 g/mol. The second kappa shape index (κ2) is 8.32. The lowest BCUT2D eigenvalue weighted by Crippen LogP contribution is -2.03. The first-order valence-corrected chi connectivity index (χ1v) is 11.5. The number of ether oxygens (including phenoxy) is 1. The highest BCUT2D eigenvalue weighted by Crippen LogP contribution is 2.35. The maximum Gasteiger partial charge on any atom is 0.246 e. The molecule has 0 saturated heterocycles. The summed E-state index contributed by atoms with van der Waals surface area (Å²) in [6.07, 6.45) is 3.32. The van der Waals surface area contributed by atoms with Crippen LogP contribution in [-0.4, -0.2) is 24.6 Å². The van der Waals surface area contributed by atoms with Crippen LogP contribution in [0.15, 0.2) is 47.9 Å². The number of alkyl halides is 1. The van der Waals surface area contributed by atoms with E-state index in [0.29, 0.717) is 26.7 Å². The van der Waals surface area contributed by atoms with Crippen LogP contribution in [0.5, 0.6) is 11.5 Å². The van der Waals surface area contributed by atoms with Gasteiger partial charge in [0, 0.05) is 27.2 Å². The van der Waals surface area contributed by atoms with Crippen LogP contribution in [0.2, 0.25) is 10.0 Å². The van der Waals surface area contributed by atoms with Gasteiger partial charge >= 0.3 is 0 Å². The van der Waals surface area contributed by atoms with Gasteiger partial charge in [0.15, 0.2) is 17.3 Å². The number of sulfone groups is 1. The molecule has 0 aliphatic carbocycles. The minimum Gasteiger partial charge on any atom is -0.451 e. The number of hydrogen-bond donors (Lipinski definition) is 0. The van der Waals surface area contributed by atoms with Crippen molar-refractivity contribution in [3.8, 4) is 22.6 Å². The summed E-state index contributed by atoms with van der Waals surface area (Å²) >= 11 is 15.4. The maximum absolute atomic E-state index is 14.7. The van der Waals surface area contributed by atoms with Crippen molar-refractivity contribution < 1.29 is 17.5 Å². The molecule has 0 spiro atoms. The van der Waals surface area contributed by atoms with Gasteiger partial charge in [-0.2, -0.15) is 0 Å². The molecule has 0 unspecified atom stereocenters. The lowest BCUT2D eigenvalue weighted by molar-refractivity contribution is 0.435. The van der Waals surface area contributed by atoms with E-state index in [1.807, 2.05) is 0 Å². The van der Waals surface area contributed by atoms with Gasteiger partial charge < -0.3 is 4.74 Å². The van der Waals surface area contributed by atoms with Crippen LogP contribution >= 0.6 is 39.1 Å². The molecule has 1 aromatic heterocycles. The summed E-state index contributed by atoms with van der Waals surface area (Å²) in [7, 11) is -3.55. The van der Waals surface area contributed by atoms with Gasteiger partial charge in [0.2, 0.25) is 15.0 Å². The van der Waals surface area contributed by atoms with Crippen LogP contribution in [0.3, 0.4) is 0 Å². The van der Waals surface area contributed by atoms with Gasteiger partial charge in [-0.05, 0) is 41.5 Å². The average molecular weight is 506 g/mol. The molecule has 3 rings (SSSR count). The first kappa shape index (κ1) is 21.0. The van der Waals surface area contributed by atoms with Crippen LogP contribution < -0.4 is 4.74 Å². The summed E-state index contributed by atoms with van der Waals surface area (Å²) < 4.78 is 43.2. The van der Waals surface area contributed by atoms with Gasteiger partial charge in [-0.25, -0.2) is 22.8 Å². The molecule has 146 valence electrons. The molecule has 0 radical (unpaired) electrons. The molecule has 0 N–H and O–H groups in total. The van der Waals surface area contributed by atoms with Crippen LogP contribution in [0.1, 0.15) is 5.56 Å². The second-order valence-corrected chi connectivity index (χ2v) is 9.16. The van der Waals surface area contributed by atoms with Crippen LogP contribution in [0.25, 0.3) is 11.1 Å². The van der Waals surface area contributed by atoms with E-state index in [1.165, 1.54) is 18.5 Å². The SMILES string of the molecule is CS(=O)(=O)c1ncc(Oc2cc(-c3cc(Cl)cc(Cl)c3)cc(CBr)c2F)cn1. The molecule has 0 atom stereocenters. The molecular formula is C18H12BrCl2FN2O3S. The molecule has 1 heterocycles. The molecule has 0 fully saturated rings. The van der Waals surface area contributed by atoms with Crippen LogP contribution in [0, 0.1) is 5.82 Å². The number of aromatic nitrogens is 2. The van der Waals surface area contributed by atoms with Gasteiger partial charge in [0.05, 0.1) is 12.4 Å². The Kier molecular flexibility index (Phi) is 6.24. The van der Waals surface area contributed by atoms with Gasteiger partial charge in [0.25, 0.3) is 0 Å². The predicted molar refractivity (Wildman–Crippen MR) is 110 cm³/mol. The van der Waals surface area contributed by atoms with Crippen molar-refractivity contribution in [1.82, 2.24) is 9.97 Å². The van der Waals surface area contributed by atoms with E-state index >= 15 is 0 Å². The molecule has 10 heteroatoms. The molecule has 2 aromatic carbocycles. The summed E-state index contributed by atoms with van der Waals surface area (Å²) in [4.78, 5) is 7.46. The third kappa shape index (κ3) is 4.81. The summed E-state index contributed by atoms with van der Waals surface area (Å²) in [5, 5.41) is 0.795. The van der Waals surface area contributed by atoms with E-state index in [9.17, 15) is 12.8 Å². The third-order valence-electron chi connectivity index (χ3n) is 3.62. The molecule has 0 bridgehead atoms. The monoisotopic (exact) mass is 504 g/mol. The van der Waals surface area contributed by atoms with Gasteiger partial charge in [-0.1, -0.05) is 39.1 Å². The molecule has 0 aliphatic heterocycles. The normalized spacial score (nSPS) is 11.5. The summed E-state index contributed by atoms with van der Waals surface area (Å²) in [5.74, 6) is -0.548. The largest absolute Gasteiger partial charge is 0.451 e. The number of halogens is 4. The number of rotatable bonds is 5. The predicted octanol–water partition coefficient (Wildman–Crippen LogP) is 5.68. The zero-order valence-corrected chi connectivity index (χ0v) is 18.2. The van der Waals surface area contributed by atoms with Crippen molar-refractivity contribution in [3.63, 3.8) is 0 Å². The minimum atomic E-state index is -3.55. The standard InChI is InChI=1S/C18H12BrCl2FN2O3S/c1-28(25,26)18-23-8-15(9-24-18)27-16-5-10(2-12(7-19)17(16)22)11-3-13(20)6-14(21)4-11/h2-6,8-9H,7H2,1H3. The van der Waals surface area contributed by atoms with Crippen molar-refractivity contribution in [3.05, 3.63) is 64.2 Å². The summed E-state index contributed by atoms with van der Waals surface area (Å²) in [6, 6.07) is 8.15. The topological polar surface area (TPSA) is 69.2 Å². The van der Waals surface area contributed by atoms with E-state index < -0.39 is 15.7 Å². The quantitative estimate of drug-likeness (QED) is 0.329. The van der Waals surface area contributed by atoms with Crippen molar-refractivity contribution in [2.45, 2.75) is 10.5 Å². The number of nitrogens with zero attached hydrogens (tertiary/aromatic N) is 2. The fraction of sp³-hybridized carbons (Fsp3) is 0.111. The van der Waals surface area contributed by atoms with E-state index in [0.717, 1.165) is 6.26 Å². The first-order chi connectivity index (χ1) is 13.2. The summed E-state index contributed by atoms with van der Waals surface area (Å²) in [5.41, 5.74) is 1.69. The molecule has 28 heavy (non-hydrogen) atoms. The molecule has 0 saturated carbocycles. The Balaban J connectivity index is 2.03. The average Bonchev–Trinajstić information content (AvgIpc) is 2.62. The van der Waals surface area contributed by atoms with Crippen molar-refractivity contribution in [1.29, 1.82) is 0 Å². The Morgan fingerprint density at radius 2 is 1.61 bits per heavy atom. The highest BCUT2D eigenvalue weighted by molar-refractivity contribution is 9.08. The Hall–Kier alpha value is -1.74. The zero-order valence-electron chi connectivity index (χ0n) is 14.3. The number of benzene rings is 2. The van der Waals surface area contributed by atoms with Crippen LogP contribution in [-0.2, 0) is 15.2 Å². The fourth-order valence-corrected chi connectivity index (χ4v) is 3.81. The molecule has 0 amide bonds. The highest BCUT2D eigenvalue weighted by atomic mass is 79.9. The van der Waals surface area contributed by atoms with E-state index in [-0.39, 0.29) is 22.0 Å². The summed E-state index contributed by atoms with van der Waals surface area (Å²) in [6.45, 7) is 0. The zero-order chi connectivity index (χ0) is 20.5. The van der Waals surface area contributed by atoms with E-state index in [4.69, 9.17) is 27.9 Å². The second-order valence-electron chi connectivity index (χ2n) is 5.81. The first-order valence-electron chi connectivity index (χ1n) is 7.72. The van der Waals surface area contributed by atoms with Crippen molar-refractivity contribution >= 4 is 49.0 Å². The smallest absolute Gasteiger partial charge is 0.246 e. The Morgan fingerprint density at radius 3 is 2.14 bits per heavy atom. The Morgan fingerprint density at radius 1 is 1.04 bits per heavy atom. The molecule has 5 nitrogen and oxygen atoms in total. The van der Waals surface area contributed by atoms with Gasteiger partial charge in [-0.15, -0.1) is 0 Å². The molecule has 3 aromatic rings. The van der Waals surface area contributed by atoms with E-state index in [2.05, 4.69) is 25.9 Å². The van der Waals surface area contributed by atoms with Gasteiger partial charge in [0.1, 0.15) is 0 Å². The molecule has 0 aliphatic rings. The Labute approximate surface area is 179 Å². The van der Waals surface area contributed by atoms with E-state index in [1.54, 1.807) is 24.3 Å². The highest BCUT2D eigenvalue weighted by Gasteiger charge is 2.16.